The van der Waals surface area contributed by atoms with Gasteiger partial charge in [0.2, 0.25) is 0 Å². The lowest BCUT2D eigenvalue weighted by Crippen LogP contribution is -2.28. The van der Waals surface area contributed by atoms with Gasteiger partial charge in [0.25, 0.3) is 5.91 Å². The first-order valence-corrected chi connectivity index (χ1v) is 8.65. The third kappa shape index (κ3) is 3.38. The van der Waals surface area contributed by atoms with E-state index in [1.165, 1.54) is 5.39 Å². The third-order valence-electron chi connectivity index (χ3n) is 4.46. The maximum Gasteiger partial charge on any atom is 0.258 e. The Hall–Kier alpha value is -3.33. The molecule has 4 rings (SSSR count). The normalized spacial score (nSPS) is 10.8. The molecule has 3 nitrogen and oxygen atoms in total. The van der Waals surface area contributed by atoms with Crippen LogP contribution in [-0.4, -0.2) is 12.5 Å². The van der Waals surface area contributed by atoms with Crippen LogP contribution in [0.3, 0.4) is 0 Å². The Balaban J connectivity index is 1.41. The fourth-order valence-corrected chi connectivity index (χ4v) is 3.16. The van der Waals surface area contributed by atoms with Crippen LogP contribution in [0.1, 0.15) is 5.56 Å². The number of fused-ring (bicyclic) bond motifs is 2. The second kappa shape index (κ2) is 7.28. The predicted molar refractivity (Wildman–Crippen MR) is 105 cm³/mol. The van der Waals surface area contributed by atoms with Gasteiger partial charge >= 0.3 is 0 Å². The molecule has 128 valence electrons. The zero-order valence-corrected chi connectivity index (χ0v) is 14.3. The van der Waals surface area contributed by atoms with Crippen LogP contribution in [0, 0.1) is 0 Å². The third-order valence-corrected chi connectivity index (χ3v) is 4.46. The summed E-state index contributed by atoms with van der Waals surface area (Å²) in [6.45, 7) is 0.484. The van der Waals surface area contributed by atoms with E-state index in [4.69, 9.17) is 4.74 Å². The van der Waals surface area contributed by atoms with Gasteiger partial charge in [-0.05, 0) is 27.8 Å². The number of hydrogen-bond donors (Lipinski definition) is 1. The summed E-state index contributed by atoms with van der Waals surface area (Å²) in [5.41, 5.74) is 1.10. The Morgan fingerprint density at radius 3 is 2.15 bits per heavy atom. The summed E-state index contributed by atoms with van der Waals surface area (Å²) in [6.07, 6.45) is 0. The van der Waals surface area contributed by atoms with E-state index in [1.54, 1.807) is 0 Å². The van der Waals surface area contributed by atoms with Gasteiger partial charge in [0, 0.05) is 11.9 Å². The summed E-state index contributed by atoms with van der Waals surface area (Å²) in [5, 5.41) is 7.38. The lowest BCUT2D eigenvalue weighted by Gasteiger charge is -2.11. The Labute approximate surface area is 152 Å². The molecule has 0 saturated heterocycles. The lowest BCUT2D eigenvalue weighted by molar-refractivity contribution is -0.123. The number of nitrogens with one attached hydrogen (secondary N) is 1. The minimum absolute atomic E-state index is 0.00122. The van der Waals surface area contributed by atoms with Crippen LogP contribution >= 0.6 is 0 Å². The number of hydrogen-bond acceptors (Lipinski definition) is 2. The standard InChI is InChI=1S/C23H19NO2/c25-23(16-26-22-14-6-10-18-8-2-4-13-21(18)22)24-15-19-11-5-9-17-7-1-3-12-20(17)19/h1-14H,15-16H2,(H,24,25). The van der Waals surface area contributed by atoms with E-state index in [2.05, 4.69) is 23.5 Å². The average molecular weight is 341 g/mol. The van der Waals surface area contributed by atoms with Crippen molar-refractivity contribution in [2.45, 2.75) is 6.54 Å². The van der Waals surface area contributed by atoms with E-state index in [0.29, 0.717) is 6.54 Å². The first-order valence-electron chi connectivity index (χ1n) is 8.65. The van der Waals surface area contributed by atoms with Crippen LogP contribution in [-0.2, 0) is 11.3 Å². The van der Waals surface area contributed by atoms with E-state index in [9.17, 15) is 4.79 Å². The first-order chi connectivity index (χ1) is 12.8. The number of rotatable bonds is 5. The molecule has 4 aromatic carbocycles. The molecule has 1 amide bonds. The summed E-state index contributed by atoms with van der Waals surface area (Å²) in [7, 11) is 0. The predicted octanol–water partition coefficient (Wildman–Crippen LogP) is 4.69. The van der Waals surface area contributed by atoms with Gasteiger partial charge in [-0.1, -0.05) is 78.9 Å². The molecule has 0 unspecified atom stereocenters. The smallest absolute Gasteiger partial charge is 0.258 e. The van der Waals surface area contributed by atoms with Crippen molar-refractivity contribution in [3.05, 3.63) is 90.5 Å². The van der Waals surface area contributed by atoms with Crippen molar-refractivity contribution in [1.29, 1.82) is 0 Å². The van der Waals surface area contributed by atoms with Crippen molar-refractivity contribution in [2.24, 2.45) is 0 Å². The molecule has 1 N–H and O–H groups in total. The van der Waals surface area contributed by atoms with Crippen LogP contribution in [0.15, 0.2) is 84.9 Å². The largest absolute Gasteiger partial charge is 0.483 e. The van der Waals surface area contributed by atoms with Crippen LogP contribution in [0.4, 0.5) is 0 Å². The summed E-state index contributed by atoms with van der Waals surface area (Å²) in [5.74, 6) is 0.592. The number of amides is 1. The molecule has 0 aromatic heterocycles. The van der Waals surface area contributed by atoms with Crippen LogP contribution in [0.2, 0.25) is 0 Å². The molecule has 3 heteroatoms. The summed E-state index contributed by atoms with van der Waals surface area (Å²) < 4.78 is 5.74. The van der Waals surface area contributed by atoms with Crippen LogP contribution in [0.25, 0.3) is 21.5 Å². The van der Waals surface area contributed by atoms with Crippen molar-refractivity contribution < 1.29 is 9.53 Å². The zero-order valence-electron chi connectivity index (χ0n) is 14.3. The van der Waals surface area contributed by atoms with Gasteiger partial charge in [-0.3, -0.25) is 4.79 Å². The maximum atomic E-state index is 12.2. The molecule has 0 heterocycles. The first kappa shape index (κ1) is 16.2. The quantitative estimate of drug-likeness (QED) is 0.572. The highest BCUT2D eigenvalue weighted by molar-refractivity contribution is 5.89. The van der Waals surface area contributed by atoms with Crippen molar-refractivity contribution in [1.82, 2.24) is 5.32 Å². The van der Waals surface area contributed by atoms with Gasteiger partial charge < -0.3 is 10.1 Å². The Kier molecular flexibility index (Phi) is 4.52. The Morgan fingerprint density at radius 2 is 1.35 bits per heavy atom. The summed E-state index contributed by atoms with van der Waals surface area (Å²) in [4.78, 5) is 12.2. The molecule has 0 spiro atoms. The van der Waals surface area contributed by atoms with Crippen molar-refractivity contribution in [3.8, 4) is 5.75 Å². The Bertz CT molecular complexity index is 976. The van der Waals surface area contributed by atoms with Gasteiger partial charge in [0.1, 0.15) is 5.75 Å². The van der Waals surface area contributed by atoms with E-state index in [1.807, 2.05) is 66.7 Å². The number of carbonyl (C=O) groups excluding carboxylic acids is 1. The maximum absolute atomic E-state index is 12.2. The van der Waals surface area contributed by atoms with Gasteiger partial charge in [-0.2, -0.15) is 0 Å². The molecule has 0 atom stereocenters. The molecule has 0 fully saturated rings. The zero-order chi connectivity index (χ0) is 17.8. The highest BCUT2D eigenvalue weighted by Crippen LogP contribution is 2.25. The van der Waals surface area contributed by atoms with E-state index in [0.717, 1.165) is 27.5 Å². The molecule has 0 aliphatic rings. The minimum Gasteiger partial charge on any atom is -0.483 e. The molecular formula is C23H19NO2. The van der Waals surface area contributed by atoms with Crippen molar-refractivity contribution in [2.75, 3.05) is 6.61 Å². The lowest BCUT2D eigenvalue weighted by atomic mass is 10.0. The molecule has 26 heavy (non-hydrogen) atoms. The van der Waals surface area contributed by atoms with Gasteiger partial charge in [-0.15, -0.1) is 0 Å². The summed E-state index contributed by atoms with van der Waals surface area (Å²) in [6, 6.07) is 28.1. The second-order valence-electron chi connectivity index (χ2n) is 6.18. The molecule has 0 bridgehead atoms. The highest BCUT2D eigenvalue weighted by atomic mass is 16.5. The SMILES string of the molecule is O=C(COc1cccc2ccccc12)NCc1cccc2ccccc12. The molecular weight excluding hydrogens is 322 g/mol. The van der Waals surface area contributed by atoms with E-state index >= 15 is 0 Å². The summed E-state index contributed by atoms with van der Waals surface area (Å²) >= 11 is 0. The van der Waals surface area contributed by atoms with Gasteiger partial charge in [0.05, 0.1) is 0 Å². The number of ether oxygens (including phenoxy) is 1. The van der Waals surface area contributed by atoms with Crippen molar-refractivity contribution in [3.63, 3.8) is 0 Å². The molecule has 0 aliphatic heterocycles. The fourth-order valence-electron chi connectivity index (χ4n) is 3.16. The molecule has 4 aromatic rings. The highest BCUT2D eigenvalue weighted by Gasteiger charge is 2.07. The van der Waals surface area contributed by atoms with Crippen LogP contribution in [0.5, 0.6) is 5.75 Å². The monoisotopic (exact) mass is 341 g/mol. The number of carbonyl (C=O) groups is 1. The van der Waals surface area contributed by atoms with Gasteiger partial charge in [-0.25, -0.2) is 0 Å². The average Bonchev–Trinajstić information content (AvgIpc) is 2.70. The molecule has 0 saturated carbocycles. The molecule has 0 aliphatic carbocycles. The van der Waals surface area contributed by atoms with Crippen LogP contribution < -0.4 is 10.1 Å². The Morgan fingerprint density at radius 1 is 0.731 bits per heavy atom. The van der Waals surface area contributed by atoms with E-state index < -0.39 is 0 Å². The number of benzene rings is 4. The van der Waals surface area contributed by atoms with Gasteiger partial charge in [0.15, 0.2) is 6.61 Å². The topological polar surface area (TPSA) is 38.3 Å². The van der Waals surface area contributed by atoms with Crippen molar-refractivity contribution >= 4 is 27.5 Å². The van der Waals surface area contributed by atoms with E-state index in [-0.39, 0.29) is 12.5 Å². The minimum atomic E-state index is -0.133. The molecule has 0 radical (unpaired) electrons. The fraction of sp³-hybridized carbons (Fsp3) is 0.0870. The second-order valence-corrected chi connectivity index (χ2v) is 6.18.